The highest BCUT2D eigenvalue weighted by molar-refractivity contribution is 5.87. The second-order valence-corrected chi connectivity index (χ2v) is 4.60. The van der Waals surface area contributed by atoms with Crippen molar-refractivity contribution in [2.75, 3.05) is 13.7 Å². The molecule has 0 radical (unpaired) electrons. The molecular weight excluding hydrogens is 228 g/mol. The number of benzene rings is 1. The maximum Gasteiger partial charge on any atom is 0.330 e. The van der Waals surface area contributed by atoms with Crippen molar-refractivity contribution in [2.45, 2.75) is 20.8 Å². The van der Waals surface area contributed by atoms with Crippen LogP contribution in [0.2, 0.25) is 0 Å². The van der Waals surface area contributed by atoms with Crippen LogP contribution < -0.4 is 4.74 Å². The third-order valence-electron chi connectivity index (χ3n) is 2.34. The zero-order valence-corrected chi connectivity index (χ0v) is 11.4. The van der Waals surface area contributed by atoms with Gasteiger partial charge in [-0.05, 0) is 30.5 Å². The smallest absolute Gasteiger partial charge is 0.330 e. The maximum absolute atomic E-state index is 11.1. The number of aryl methyl sites for hydroxylation is 1. The Hall–Kier alpha value is -1.77. The lowest BCUT2D eigenvalue weighted by molar-refractivity contribution is -0.134. The van der Waals surface area contributed by atoms with Gasteiger partial charge in [0.2, 0.25) is 0 Å². The molecule has 0 unspecified atom stereocenters. The van der Waals surface area contributed by atoms with Crippen LogP contribution in [-0.2, 0) is 9.53 Å². The predicted octanol–water partition coefficient (Wildman–Crippen LogP) is 3.22. The molecule has 0 amide bonds. The second kappa shape index (κ2) is 6.84. The molecule has 0 atom stereocenters. The molecule has 0 heterocycles. The summed E-state index contributed by atoms with van der Waals surface area (Å²) in [4.78, 5) is 11.1. The quantitative estimate of drug-likeness (QED) is 0.593. The Morgan fingerprint density at radius 2 is 2.11 bits per heavy atom. The summed E-state index contributed by atoms with van der Waals surface area (Å²) in [6, 6.07) is 5.89. The van der Waals surface area contributed by atoms with E-state index in [-0.39, 0.29) is 5.97 Å². The van der Waals surface area contributed by atoms with E-state index in [1.165, 1.54) is 13.2 Å². The average molecular weight is 248 g/mol. The molecule has 0 N–H and O–H groups in total. The summed E-state index contributed by atoms with van der Waals surface area (Å²) in [7, 11) is 1.36. The van der Waals surface area contributed by atoms with Crippen molar-refractivity contribution in [3.63, 3.8) is 0 Å². The standard InChI is InChI=1S/C15H20O3/c1-11(2)10-18-14-9-12(3)5-6-13(14)7-8-15(16)17-4/h5-9,11H,10H2,1-4H3/b8-7+. The number of esters is 1. The van der Waals surface area contributed by atoms with Crippen molar-refractivity contribution < 1.29 is 14.3 Å². The van der Waals surface area contributed by atoms with Crippen LogP contribution in [0.4, 0.5) is 0 Å². The molecule has 3 nitrogen and oxygen atoms in total. The molecule has 1 aromatic rings. The van der Waals surface area contributed by atoms with Gasteiger partial charge >= 0.3 is 5.97 Å². The number of methoxy groups -OCH3 is 1. The molecule has 0 saturated carbocycles. The van der Waals surface area contributed by atoms with Gasteiger partial charge in [-0.2, -0.15) is 0 Å². The van der Waals surface area contributed by atoms with E-state index in [0.29, 0.717) is 12.5 Å². The van der Waals surface area contributed by atoms with Gasteiger partial charge in [0.1, 0.15) is 5.75 Å². The summed E-state index contributed by atoms with van der Waals surface area (Å²) in [6.45, 7) is 6.86. The van der Waals surface area contributed by atoms with E-state index in [1.54, 1.807) is 6.08 Å². The van der Waals surface area contributed by atoms with Crippen molar-refractivity contribution in [1.82, 2.24) is 0 Å². The van der Waals surface area contributed by atoms with Crippen LogP contribution in [0.15, 0.2) is 24.3 Å². The highest BCUT2D eigenvalue weighted by atomic mass is 16.5. The molecule has 18 heavy (non-hydrogen) atoms. The lowest BCUT2D eigenvalue weighted by Crippen LogP contribution is -2.05. The minimum absolute atomic E-state index is 0.370. The lowest BCUT2D eigenvalue weighted by Gasteiger charge is -2.12. The summed E-state index contributed by atoms with van der Waals surface area (Å²) in [5.41, 5.74) is 2.01. The van der Waals surface area contributed by atoms with Crippen molar-refractivity contribution in [2.24, 2.45) is 5.92 Å². The van der Waals surface area contributed by atoms with Crippen molar-refractivity contribution in [3.05, 3.63) is 35.4 Å². The van der Waals surface area contributed by atoms with E-state index in [2.05, 4.69) is 18.6 Å². The monoisotopic (exact) mass is 248 g/mol. The number of carbonyl (C=O) groups is 1. The Labute approximate surface area is 108 Å². The first-order valence-corrected chi connectivity index (χ1v) is 6.02. The molecule has 0 aliphatic rings. The van der Waals surface area contributed by atoms with Gasteiger partial charge in [0.25, 0.3) is 0 Å². The van der Waals surface area contributed by atoms with E-state index < -0.39 is 0 Å². The highest BCUT2D eigenvalue weighted by Gasteiger charge is 2.04. The number of carbonyl (C=O) groups excluding carboxylic acids is 1. The average Bonchev–Trinajstić information content (AvgIpc) is 2.34. The van der Waals surface area contributed by atoms with Gasteiger partial charge in [-0.3, -0.25) is 0 Å². The third kappa shape index (κ3) is 4.62. The van der Waals surface area contributed by atoms with Crippen LogP contribution in [0.3, 0.4) is 0 Å². The minimum atomic E-state index is -0.370. The van der Waals surface area contributed by atoms with E-state index in [0.717, 1.165) is 16.9 Å². The Bertz CT molecular complexity index is 433. The summed E-state index contributed by atoms with van der Waals surface area (Å²) in [6.07, 6.45) is 3.10. The van der Waals surface area contributed by atoms with Crippen molar-refractivity contribution in [3.8, 4) is 5.75 Å². The first kappa shape index (κ1) is 14.3. The zero-order valence-electron chi connectivity index (χ0n) is 11.4. The molecular formula is C15H20O3. The topological polar surface area (TPSA) is 35.5 Å². The lowest BCUT2D eigenvalue weighted by atomic mass is 10.1. The van der Waals surface area contributed by atoms with E-state index >= 15 is 0 Å². The summed E-state index contributed by atoms with van der Waals surface area (Å²) >= 11 is 0. The van der Waals surface area contributed by atoms with Gasteiger partial charge in [0, 0.05) is 11.6 Å². The highest BCUT2D eigenvalue weighted by Crippen LogP contribution is 2.22. The molecule has 0 fully saturated rings. The van der Waals surface area contributed by atoms with Gasteiger partial charge in [-0.25, -0.2) is 4.79 Å². The van der Waals surface area contributed by atoms with Gasteiger partial charge < -0.3 is 9.47 Å². The summed E-state index contributed by atoms with van der Waals surface area (Å²) < 4.78 is 10.3. The second-order valence-electron chi connectivity index (χ2n) is 4.60. The Kier molecular flexibility index (Phi) is 5.43. The first-order chi connectivity index (χ1) is 8.52. The molecule has 98 valence electrons. The van der Waals surface area contributed by atoms with Gasteiger partial charge in [-0.1, -0.05) is 26.0 Å². The van der Waals surface area contributed by atoms with Crippen LogP contribution in [0, 0.1) is 12.8 Å². The molecule has 3 heteroatoms. The first-order valence-electron chi connectivity index (χ1n) is 6.02. The number of hydrogen-bond acceptors (Lipinski definition) is 3. The van der Waals surface area contributed by atoms with Crippen molar-refractivity contribution >= 4 is 12.0 Å². The molecule has 0 aromatic heterocycles. The molecule has 0 bridgehead atoms. The van der Waals surface area contributed by atoms with Crippen LogP contribution in [0.25, 0.3) is 6.08 Å². The largest absolute Gasteiger partial charge is 0.493 e. The maximum atomic E-state index is 11.1. The third-order valence-corrected chi connectivity index (χ3v) is 2.34. The van der Waals surface area contributed by atoms with Crippen LogP contribution >= 0.6 is 0 Å². The fraction of sp³-hybridized carbons (Fsp3) is 0.400. The van der Waals surface area contributed by atoms with Gasteiger partial charge in [-0.15, -0.1) is 0 Å². The fourth-order valence-electron chi connectivity index (χ4n) is 1.39. The SMILES string of the molecule is COC(=O)/C=C/c1ccc(C)cc1OCC(C)C. The normalized spacial score (nSPS) is 10.9. The van der Waals surface area contributed by atoms with Gasteiger partial charge in [0.05, 0.1) is 13.7 Å². The molecule has 0 spiro atoms. The molecule has 0 aliphatic carbocycles. The van der Waals surface area contributed by atoms with E-state index in [9.17, 15) is 4.79 Å². The van der Waals surface area contributed by atoms with Crippen LogP contribution in [0.1, 0.15) is 25.0 Å². The summed E-state index contributed by atoms with van der Waals surface area (Å²) in [5, 5.41) is 0. The predicted molar refractivity (Wildman–Crippen MR) is 72.6 cm³/mol. The molecule has 1 aromatic carbocycles. The van der Waals surface area contributed by atoms with E-state index in [1.807, 2.05) is 25.1 Å². The van der Waals surface area contributed by atoms with E-state index in [4.69, 9.17) is 4.74 Å². The molecule has 0 aliphatic heterocycles. The Balaban J connectivity index is 2.89. The molecule has 1 rings (SSSR count). The Morgan fingerprint density at radius 1 is 1.39 bits per heavy atom. The molecule has 0 saturated heterocycles. The number of rotatable bonds is 5. The van der Waals surface area contributed by atoms with Crippen LogP contribution in [-0.4, -0.2) is 19.7 Å². The zero-order chi connectivity index (χ0) is 13.5. The van der Waals surface area contributed by atoms with Crippen molar-refractivity contribution in [1.29, 1.82) is 0 Å². The fourth-order valence-corrected chi connectivity index (χ4v) is 1.39. The van der Waals surface area contributed by atoms with Crippen LogP contribution in [0.5, 0.6) is 5.75 Å². The summed E-state index contributed by atoms with van der Waals surface area (Å²) in [5.74, 6) is 0.886. The minimum Gasteiger partial charge on any atom is -0.493 e. The number of hydrogen-bond donors (Lipinski definition) is 0. The number of ether oxygens (including phenoxy) is 2. The Morgan fingerprint density at radius 3 is 2.72 bits per heavy atom. The van der Waals surface area contributed by atoms with Gasteiger partial charge in [0.15, 0.2) is 0 Å².